The van der Waals surface area contributed by atoms with Crippen LogP contribution in [0.3, 0.4) is 0 Å². The van der Waals surface area contributed by atoms with Crippen molar-refractivity contribution in [2.24, 2.45) is 0 Å². The summed E-state index contributed by atoms with van der Waals surface area (Å²) in [6.45, 7) is 1.99. The fourth-order valence-electron chi connectivity index (χ4n) is 3.64. The molecule has 0 unspecified atom stereocenters. The van der Waals surface area contributed by atoms with Crippen molar-refractivity contribution in [1.29, 1.82) is 0 Å². The van der Waals surface area contributed by atoms with Crippen LogP contribution in [0, 0.1) is 6.92 Å². The van der Waals surface area contributed by atoms with Gasteiger partial charge >= 0.3 is 0 Å². The molecule has 0 aliphatic carbocycles. The third kappa shape index (κ3) is 4.04. The summed E-state index contributed by atoms with van der Waals surface area (Å²) in [5, 5.41) is 3.80. The number of rotatable bonds is 4. The Bertz CT molecular complexity index is 1420. The number of nitrogens with one attached hydrogen (secondary N) is 1. The molecular weight excluding hydrogens is 452 g/mol. The van der Waals surface area contributed by atoms with Crippen LogP contribution in [0.5, 0.6) is 11.5 Å². The zero-order valence-corrected chi connectivity index (χ0v) is 19.2. The Hall–Kier alpha value is -3.81. The number of thiophene rings is 1. The highest BCUT2D eigenvalue weighted by Crippen LogP contribution is 2.33. The van der Waals surface area contributed by atoms with Gasteiger partial charge in [-0.1, -0.05) is 36.4 Å². The van der Waals surface area contributed by atoms with E-state index in [0.29, 0.717) is 17.2 Å². The molecule has 5 rings (SSSR count). The van der Waals surface area contributed by atoms with E-state index in [2.05, 4.69) is 5.32 Å². The Morgan fingerprint density at radius 2 is 1.58 bits per heavy atom. The van der Waals surface area contributed by atoms with E-state index >= 15 is 0 Å². The van der Waals surface area contributed by atoms with Gasteiger partial charge in [0.25, 0.3) is 11.8 Å². The van der Waals surface area contributed by atoms with Crippen molar-refractivity contribution >= 4 is 62.3 Å². The molecule has 7 heteroatoms. The van der Waals surface area contributed by atoms with Crippen LogP contribution in [0.15, 0.2) is 84.4 Å². The maximum atomic E-state index is 13.3. The predicted molar refractivity (Wildman–Crippen MR) is 136 cm³/mol. The fraction of sp³-hybridized carbons (Fsp3) is 0.0385. The van der Waals surface area contributed by atoms with Gasteiger partial charge in [-0.15, -0.1) is 11.3 Å². The number of fused-ring (bicyclic) bond motifs is 1. The molecule has 5 nitrogen and oxygen atoms in total. The van der Waals surface area contributed by atoms with Gasteiger partial charge in [0, 0.05) is 9.58 Å². The summed E-state index contributed by atoms with van der Waals surface area (Å²) in [5.74, 6) is 0.381. The molecule has 2 heterocycles. The first-order valence-corrected chi connectivity index (χ1v) is 11.5. The van der Waals surface area contributed by atoms with Crippen LogP contribution in [0.25, 0.3) is 16.2 Å². The van der Waals surface area contributed by atoms with E-state index in [1.54, 1.807) is 41.7 Å². The molecule has 0 saturated carbocycles. The van der Waals surface area contributed by atoms with E-state index < -0.39 is 11.8 Å². The molecule has 1 aliphatic rings. The first kappa shape index (κ1) is 21.1. The van der Waals surface area contributed by atoms with Crippen molar-refractivity contribution in [1.82, 2.24) is 5.32 Å². The minimum absolute atomic E-state index is 0.0443. The molecule has 0 spiro atoms. The number of benzene rings is 3. The van der Waals surface area contributed by atoms with Crippen molar-refractivity contribution in [3.8, 4) is 11.5 Å². The third-order valence-electron chi connectivity index (χ3n) is 5.33. The number of para-hydroxylation sites is 1. The number of amides is 2. The summed E-state index contributed by atoms with van der Waals surface area (Å²) in [6.07, 6.45) is 1.65. The monoisotopic (exact) mass is 470 g/mol. The van der Waals surface area contributed by atoms with Crippen LogP contribution in [0.2, 0.25) is 0 Å². The fourth-order valence-corrected chi connectivity index (χ4v) is 5.08. The lowest BCUT2D eigenvalue weighted by Gasteiger charge is -2.29. The van der Waals surface area contributed by atoms with E-state index in [1.807, 2.05) is 61.5 Å². The topological polar surface area (TPSA) is 58.6 Å². The smallest absolute Gasteiger partial charge is 0.270 e. The highest BCUT2D eigenvalue weighted by Gasteiger charge is 2.34. The van der Waals surface area contributed by atoms with Gasteiger partial charge in [0.2, 0.25) is 0 Å². The van der Waals surface area contributed by atoms with Crippen LogP contribution < -0.4 is 15.0 Å². The van der Waals surface area contributed by atoms with Crippen LogP contribution in [-0.4, -0.2) is 16.9 Å². The van der Waals surface area contributed by atoms with Gasteiger partial charge in [0.05, 0.1) is 5.69 Å². The summed E-state index contributed by atoms with van der Waals surface area (Å²) in [4.78, 5) is 28.2. The molecule has 0 bridgehead atoms. The number of aryl methyl sites for hydroxylation is 1. The second kappa shape index (κ2) is 8.61. The van der Waals surface area contributed by atoms with Gasteiger partial charge in [0.1, 0.15) is 17.1 Å². The predicted octanol–water partition coefficient (Wildman–Crippen LogP) is 5.83. The van der Waals surface area contributed by atoms with Crippen molar-refractivity contribution in [3.05, 3.63) is 94.9 Å². The Balaban J connectivity index is 1.45. The molecule has 3 aromatic carbocycles. The first-order chi connectivity index (χ1) is 16.0. The minimum atomic E-state index is -0.498. The summed E-state index contributed by atoms with van der Waals surface area (Å²) in [6, 6.07) is 24.4. The summed E-state index contributed by atoms with van der Waals surface area (Å²) < 4.78 is 6.92. The molecule has 0 atom stereocenters. The van der Waals surface area contributed by atoms with Crippen LogP contribution in [0.4, 0.5) is 5.69 Å². The van der Waals surface area contributed by atoms with E-state index in [-0.39, 0.29) is 10.7 Å². The lowest BCUT2D eigenvalue weighted by atomic mass is 10.1. The van der Waals surface area contributed by atoms with Crippen LogP contribution >= 0.6 is 23.6 Å². The number of hydrogen-bond donors (Lipinski definition) is 1. The lowest BCUT2D eigenvalue weighted by Crippen LogP contribution is -2.54. The van der Waals surface area contributed by atoms with Crippen molar-refractivity contribution in [2.75, 3.05) is 4.90 Å². The van der Waals surface area contributed by atoms with Crippen molar-refractivity contribution < 1.29 is 14.3 Å². The number of carbonyl (C=O) groups excluding carboxylic acids is 2. The van der Waals surface area contributed by atoms with Crippen LogP contribution in [0.1, 0.15) is 10.4 Å². The first-order valence-electron chi connectivity index (χ1n) is 10.2. The average Bonchev–Trinajstić information content (AvgIpc) is 3.14. The summed E-state index contributed by atoms with van der Waals surface area (Å²) in [7, 11) is 0. The maximum absolute atomic E-state index is 13.3. The Morgan fingerprint density at radius 3 is 2.30 bits per heavy atom. The maximum Gasteiger partial charge on any atom is 0.270 e. The quantitative estimate of drug-likeness (QED) is 0.232. The zero-order valence-electron chi connectivity index (χ0n) is 17.6. The number of anilines is 1. The normalized spacial score (nSPS) is 15.2. The van der Waals surface area contributed by atoms with Crippen LogP contribution in [-0.2, 0) is 9.59 Å². The molecule has 1 saturated heterocycles. The Kier molecular flexibility index (Phi) is 5.50. The number of thiocarbonyl (C=S) groups is 1. The van der Waals surface area contributed by atoms with E-state index in [0.717, 1.165) is 20.5 Å². The summed E-state index contributed by atoms with van der Waals surface area (Å²) in [5.41, 5.74) is 1.62. The molecule has 4 aromatic rings. The molecule has 162 valence electrons. The minimum Gasteiger partial charge on any atom is -0.457 e. The second-order valence-electron chi connectivity index (χ2n) is 7.45. The van der Waals surface area contributed by atoms with Gasteiger partial charge in [0.15, 0.2) is 5.11 Å². The number of carbonyl (C=O) groups is 2. The average molecular weight is 471 g/mol. The van der Waals surface area contributed by atoms with E-state index in [1.165, 1.54) is 4.90 Å². The molecule has 1 aliphatic heterocycles. The molecule has 1 aromatic heterocycles. The van der Waals surface area contributed by atoms with E-state index in [4.69, 9.17) is 17.0 Å². The molecule has 1 fully saturated rings. The molecular formula is C26H18N2O3S2. The number of nitrogens with zero attached hydrogens (tertiary/aromatic N) is 1. The number of hydrogen-bond acceptors (Lipinski definition) is 5. The van der Waals surface area contributed by atoms with Gasteiger partial charge in [-0.25, -0.2) is 0 Å². The number of ether oxygens (including phenoxy) is 1. The molecule has 33 heavy (non-hydrogen) atoms. The second-order valence-corrected chi connectivity index (χ2v) is 8.92. The Morgan fingerprint density at radius 1 is 0.909 bits per heavy atom. The third-order valence-corrected chi connectivity index (χ3v) is 6.84. The Labute approximate surface area is 199 Å². The van der Waals surface area contributed by atoms with Gasteiger partial charge in [-0.05, 0) is 78.6 Å². The zero-order chi connectivity index (χ0) is 22.9. The lowest BCUT2D eigenvalue weighted by molar-refractivity contribution is -0.122. The van der Waals surface area contributed by atoms with Gasteiger partial charge < -0.3 is 4.74 Å². The molecule has 0 radical (unpaired) electrons. The highest BCUT2D eigenvalue weighted by atomic mass is 32.1. The SMILES string of the molecule is Cc1c(/C=C2\C(=O)NC(=S)N(c3ccc(Oc4ccccc4)cc3)C2=O)sc2ccccc12. The molecule has 2 amide bonds. The largest absolute Gasteiger partial charge is 0.457 e. The highest BCUT2D eigenvalue weighted by molar-refractivity contribution is 7.80. The van der Waals surface area contributed by atoms with Crippen molar-refractivity contribution in [2.45, 2.75) is 6.92 Å². The molecule has 1 N–H and O–H groups in total. The summed E-state index contributed by atoms with van der Waals surface area (Å²) >= 11 is 6.86. The van der Waals surface area contributed by atoms with Gasteiger partial charge in [-0.2, -0.15) is 0 Å². The van der Waals surface area contributed by atoms with E-state index in [9.17, 15) is 9.59 Å². The standard InChI is InChI=1S/C26H18N2O3S2/c1-16-20-9-5-6-10-22(20)33-23(16)15-21-24(29)27-26(32)28(25(21)30)17-11-13-19(14-12-17)31-18-7-3-2-4-8-18/h2-15H,1H3,(H,27,29,32)/b21-15+. The van der Waals surface area contributed by atoms with Gasteiger partial charge in [-0.3, -0.25) is 19.8 Å². The van der Waals surface area contributed by atoms with Crippen molar-refractivity contribution in [3.63, 3.8) is 0 Å².